The lowest BCUT2D eigenvalue weighted by Crippen LogP contribution is -2.20. The summed E-state index contributed by atoms with van der Waals surface area (Å²) in [7, 11) is 0. The summed E-state index contributed by atoms with van der Waals surface area (Å²) in [4.78, 5) is 33.8. The first-order valence-corrected chi connectivity index (χ1v) is 6.71. The van der Waals surface area contributed by atoms with Crippen LogP contribution in [0.25, 0.3) is 0 Å². The fraction of sp³-hybridized carbons (Fsp3) is 0. The molecule has 116 valence electrons. The standard InChI is InChI=1S/C17H14N2O4/c20-15(9-10-16(21)22)18-13-7-4-8-14(11-13)19-17(23)12-5-2-1-3-6-12/h1-11H,(H,18,20)(H,19,23)(H,21,22)/p-1. The van der Waals surface area contributed by atoms with E-state index in [0.717, 1.165) is 6.08 Å². The molecule has 2 aromatic rings. The predicted molar refractivity (Wildman–Crippen MR) is 83.6 cm³/mol. The Balaban J connectivity index is 2.04. The summed E-state index contributed by atoms with van der Waals surface area (Å²) >= 11 is 0. The first-order valence-electron chi connectivity index (χ1n) is 6.71. The van der Waals surface area contributed by atoms with Crippen molar-refractivity contribution in [3.63, 3.8) is 0 Å². The number of hydrogen-bond donors (Lipinski definition) is 2. The van der Waals surface area contributed by atoms with Crippen LogP contribution in [-0.4, -0.2) is 17.8 Å². The molecular formula is C17H13N2O4-. The van der Waals surface area contributed by atoms with Crippen molar-refractivity contribution in [2.45, 2.75) is 0 Å². The Bertz CT molecular complexity index is 754. The molecule has 0 aliphatic heterocycles. The van der Waals surface area contributed by atoms with Gasteiger partial charge in [0.1, 0.15) is 0 Å². The van der Waals surface area contributed by atoms with Crippen molar-refractivity contribution < 1.29 is 19.5 Å². The maximum absolute atomic E-state index is 12.0. The smallest absolute Gasteiger partial charge is 0.255 e. The number of hydrogen-bond acceptors (Lipinski definition) is 4. The largest absolute Gasteiger partial charge is 0.545 e. The number of nitrogens with one attached hydrogen (secondary N) is 2. The van der Waals surface area contributed by atoms with E-state index in [1.54, 1.807) is 48.5 Å². The van der Waals surface area contributed by atoms with Crippen LogP contribution in [0.3, 0.4) is 0 Å². The second-order valence-corrected chi connectivity index (χ2v) is 4.54. The van der Waals surface area contributed by atoms with Crippen molar-refractivity contribution in [2.24, 2.45) is 0 Å². The minimum Gasteiger partial charge on any atom is -0.545 e. The van der Waals surface area contributed by atoms with Crippen molar-refractivity contribution in [3.8, 4) is 0 Å². The number of anilines is 2. The number of carboxylic acid groups (broad SMARTS) is 1. The molecule has 0 aromatic heterocycles. The van der Waals surface area contributed by atoms with Crippen LogP contribution in [0.2, 0.25) is 0 Å². The van der Waals surface area contributed by atoms with E-state index in [1.807, 2.05) is 6.07 Å². The van der Waals surface area contributed by atoms with Crippen LogP contribution in [0, 0.1) is 0 Å². The Morgan fingerprint density at radius 3 is 2.13 bits per heavy atom. The van der Waals surface area contributed by atoms with Gasteiger partial charge in [-0.05, 0) is 36.4 Å². The molecule has 0 saturated carbocycles. The second kappa shape index (κ2) is 7.56. The summed E-state index contributed by atoms with van der Waals surface area (Å²) in [6.45, 7) is 0. The van der Waals surface area contributed by atoms with E-state index in [-0.39, 0.29) is 5.91 Å². The van der Waals surface area contributed by atoms with Crippen molar-refractivity contribution in [3.05, 3.63) is 72.3 Å². The van der Waals surface area contributed by atoms with Crippen molar-refractivity contribution in [1.29, 1.82) is 0 Å². The molecule has 6 heteroatoms. The van der Waals surface area contributed by atoms with Gasteiger partial charge in [-0.25, -0.2) is 0 Å². The zero-order valence-corrected chi connectivity index (χ0v) is 12.0. The van der Waals surface area contributed by atoms with E-state index in [1.165, 1.54) is 0 Å². The van der Waals surface area contributed by atoms with E-state index in [4.69, 9.17) is 0 Å². The maximum atomic E-state index is 12.0. The fourth-order valence-electron chi connectivity index (χ4n) is 1.80. The molecule has 2 amide bonds. The van der Waals surface area contributed by atoms with Crippen molar-refractivity contribution in [1.82, 2.24) is 0 Å². The SMILES string of the molecule is O=C([O-])C=CC(=O)Nc1cccc(NC(=O)c2ccccc2)c1. The highest BCUT2D eigenvalue weighted by Crippen LogP contribution is 2.16. The van der Waals surface area contributed by atoms with Crippen LogP contribution in [0.1, 0.15) is 10.4 Å². The first kappa shape index (κ1) is 16.0. The summed E-state index contributed by atoms with van der Waals surface area (Å²) in [6.07, 6.45) is 1.49. The lowest BCUT2D eigenvalue weighted by atomic mass is 10.2. The lowest BCUT2D eigenvalue weighted by Gasteiger charge is -2.08. The summed E-state index contributed by atoms with van der Waals surface area (Å²) < 4.78 is 0. The highest BCUT2D eigenvalue weighted by molar-refractivity contribution is 6.05. The molecule has 2 rings (SSSR count). The van der Waals surface area contributed by atoms with Gasteiger partial charge in [-0.2, -0.15) is 0 Å². The van der Waals surface area contributed by atoms with E-state index >= 15 is 0 Å². The molecule has 0 saturated heterocycles. The van der Waals surface area contributed by atoms with Crippen molar-refractivity contribution >= 4 is 29.2 Å². The molecule has 0 aliphatic carbocycles. The molecule has 0 aliphatic rings. The third-order valence-corrected chi connectivity index (χ3v) is 2.79. The number of benzene rings is 2. The van der Waals surface area contributed by atoms with Gasteiger partial charge in [-0.3, -0.25) is 9.59 Å². The van der Waals surface area contributed by atoms with Gasteiger partial charge in [0.25, 0.3) is 5.91 Å². The average molecular weight is 309 g/mol. The van der Waals surface area contributed by atoms with Crippen LogP contribution < -0.4 is 15.7 Å². The van der Waals surface area contributed by atoms with E-state index in [9.17, 15) is 19.5 Å². The van der Waals surface area contributed by atoms with Gasteiger partial charge in [-0.1, -0.05) is 24.3 Å². The molecular weight excluding hydrogens is 296 g/mol. The van der Waals surface area contributed by atoms with E-state index in [2.05, 4.69) is 10.6 Å². The highest BCUT2D eigenvalue weighted by atomic mass is 16.4. The van der Waals surface area contributed by atoms with Crippen LogP contribution in [0.5, 0.6) is 0 Å². The number of amides is 2. The van der Waals surface area contributed by atoms with Gasteiger partial charge in [0, 0.05) is 23.0 Å². The van der Waals surface area contributed by atoms with Gasteiger partial charge in [0.2, 0.25) is 5.91 Å². The lowest BCUT2D eigenvalue weighted by molar-refractivity contribution is -0.297. The van der Waals surface area contributed by atoms with E-state index < -0.39 is 11.9 Å². The van der Waals surface area contributed by atoms with Crippen LogP contribution in [0.4, 0.5) is 11.4 Å². The Morgan fingerprint density at radius 1 is 0.826 bits per heavy atom. The molecule has 0 bridgehead atoms. The monoisotopic (exact) mass is 309 g/mol. The number of rotatable bonds is 5. The van der Waals surface area contributed by atoms with Gasteiger partial charge < -0.3 is 20.5 Å². The van der Waals surface area contributed by atoms with Crippen LogP contribution >= 0.6 is 0 Å². The summed E-state index contributed by atoms with van der Waals surface area (Å²) in [6, 6.07) is 15.2. The number of aliphatic carboxylic acids is 1. The van der Waals surface area contributed by atoms with Gasteiger partial charge in [-0.15, -0.1) is 0 Å². The predicted octanol–water partition coefficient (Wildman–Crippen LogP) is 1.18. The maximum Gasteiger partial charge on any atom is 0.255 e. The minimum atomic E-state index is -1.45. The Morgan fingerprint density at radius 2 is 1.48 bits per heavy atom. The molecule has 0 unspecified atom stereocenters. The zero-order valence-electron chi connectivity index (χ0n) is 12.0. The Kier molecular flexibility index (Phi) is 5.25. The van der Waals surface area contributed by atoms with Gasteiger partial charge >= 0.3 is 0 Å². The summed E-state index contributed by atoms with van der Waals surface area (Å²) in [5.41, 5.74) is 1.43. The summed E-state index contributed by atoms with van der Waals surface area (Å²) in [5, 5.41) is 15.4. The molecule has 2 N–H and O–H groups in total. The highest BCUT2D eigenvalue weighted by Gasteiger charge is 2.06. The number of carboxylic acids is 1. The van der Waals surface area contributed by atoms with Crippen LogP contribution in [-0.2, 0) is 9.59 Å². The second-order valence-electron chi connectivity index (χ2n) is 4.54. The normalized spacial score (nSPS) is 10.3. The third-order valence-electron chi connectivity index (χ3n) is 2.79. The molecule has 0 spiro atoms. The first-order chi connectivity index (χ1) is 11.0. The van der Waals surface area contributed by atoms with Crippen molar-refractivity contribution in [2.75, 3.05) is 10.6 Å². The number of carbonyl (C=O) groups is 3. The minimum absolute atomic E-state index is 0.272. The van der Waals surface area contributed by atoms with Gasteiger partial charge in [0.05, 0.1) is 5.97 Å². The Hall–Kier alpha value is -3.41. The molecule has 23 heavy (non-hydrogen) atoms. The topological polar surface area (TPSA) is 98.3 Å². The molecule has 0 radical (unpaired) electrons. The van der Waals surface area contributed by atoms with Crippen LogP contribution in [0.15, 0.2) is 66.7 Å². The molecule has 0 heterocycles. The molecule has 2 aromatic carbocycles. The average Bonchev–Trinajstić information content (AvgIpc) is 2.54. The molecule has 0 fully saturated rings. The quantitative estimate of drug-likeness (QED) is 0.810. The third kappa shape index (κ3) is 5.13. The molecule has 6 nitrogen and oxygen atoms in total. The van der Waals surface area contributed by atoms with E-state index in [0.29, 0.717) is 23.0 Å². The van der Waals surface area contributed by atoms with Gasteiger partial charge in [0.15, 0.2) is 0 Å². The fourth-order valence-corrected chi connectivity index (χ4v) is 1.80. The molecule has 0 atom stereocenters. The zero-order chi connectivity index (χ0) is 16.7. The Labute approximate surface area is 132 Å². The summed E-state index contributed by atoms with van der Waals surface area (Å²) in [5.74, 6) is -2.34. The number of carbonyl (C=O) groups excluding carboxylic acids is 3.